The van der Waals surface area contributed by atoms with E-state index >= 15 is 0 Å². The first-order valence-electron chi connectivity index (χ1n) is 11.6. The Hall–Kier alpha value is -2.58. The topological polar surface area (TPSA) is 84.9 Å². The summed E-state index contributed by atoms with van der Waals surface area (Å²) in [6, 6.07) is 13.9. The maximum Gasteiger partial charge on any atom is 0.243 e. The summed E-state index contributed by atoms with van der Waals surface area (Å²) in [4.78, 5) is 12.9. The number of benzene rings is 2. The molecule has 8 heteroatoms. The van der Waals surface area contributed by atoms with Gasteiger partial charge >= 0.3 is 0 Å². The molecule has 33 heavy (non-hydrogen) atoms. The van der Waals surface area contributed by atoms with Gasteiger partial charge in [0.25, 0.3) is 0 Å². The minimum absolute atomic E-state index is 0.164. The van der Waals surface area contributed by atoms with Crippen molar-refractivity contribution >= 4 is 15.9 Å². The Bertz CT molecular complexity index is 984. The molecule has 1 aliphatic rings. The highest BCUT2D eigenvalue weighted by molar-refractivity contribution is 7.89. The molecule has 1 fully saturated rings. The highest BCUT2D eigenvalue weighted by atomic mass is 32.2. The van der Waals surface area contributed by atoms with E-state index in [9.17, 15) is 13.2 Å². The smallest absolute Gasteiger partial charge is 0.243 e. The largest absolute Gasteiger partial charge is 0.497 e. The minimum Gasteiger partial charge on any atom is -0.497 e. The van der Waals surface area contributed by atoms with Gasteiger partial charge in [0.05, 0.1) is 25.2 Å². The fourth-order valence-corrected chi connectivity index (χ4v) is 5.77. The first-order chi connectivity index (χ1) is 15.9. The van der Waals surface area contributed by atoms with Gasteiger partial charge in [-0.2, -0.15) is 4.31 Å². The average molecular weight is 475 g/mol. The summed E-state index contributed by atoms with van der Waals surface area (Å²) in [5.41, 5.74) is 1.07. The van der Waals surface area contributed by atoms with Gasteiger partial charge in [-0.15, -0.1) is 0 Å². The lowest BCUT2D eigenvalue weighted by atomic mass is 9.95. The lowest BCUT2D eigenvalue weighted by Crippen LogP contribution is -2.47. The molecule has 180 valence electrons. The molecular formula is C25H34N2O5S. The van der Waals surface area contributed by atoms with Gasteiger partial charge in [-0.05, 0) is 68.1 Å². The molecule has 0 heterocycles. The summed E-state index contributed by atoms with van der Waals surface area (Å²) in [5, 5.41) is 2.88. The van der Waals surface area contributed by atoms with Crippen molar-refractivity contribution in [2.45, 2.75) is 56.4 Å². The number of methoxy groups -OCH3 is 1. The van der Waals surface area contributed by atoms with Crippen LogP contribution in [-0.4, -0.2) is 51.5 Å². The summed E-state index contributed by atoms with van der Waals surface area (Å²) in [7, 11) is -2.19. The fraction of sp³-hybridized carbons (Fsp3) is 0.480. The van der Waals surface area contributed by atoms with Crippen LogP contribution in [0.5, 0.6) is 11.5 Å². The molecule has 3 rings (SSSR count). The molecule has 2 aromatic rings. The summed E-state index contributed by atoms with van der Waals surface area (Å²) in [5.74, 6) is 1.12. The van der Waals surface area contributed by atoms with Crippen LogP contribution in [0.4, 0.5) is 0 Å². The fourth-order valence-electron chi connectivity index (χ4n) is 4.13. The molecule has 0 radical (unpaired) electrons. The normalized spacial score (nSPS) is 14.8. The number of nitrogens with zero attached hydrogens (tertiary/aromatic N) is 1. The van der Waals surface area contributed by atoms with Crippen molar-refractivity contribution in [3.8, 4) is 11.5 Å². The van der Waals surface area contributed by atoms with Crippen molar-refractivity contribution in [3.63, 3.8) is 0 Å². The lowest BCUT2D eigenvalue weighted by molar-refractivity contribution is -0.121. The first-order valence-corrected chi connectivity index (χ1v) is 13.0. The van der Waals surface area contributed by atoms with Gasteiger partial charge in [-0.3, -0.25) is 4.79 Å². The third-order valence-electron chi connectivity index (χ3n) is 5.92. The van der Waals surface area contributed by atoms with Crippen LogP contribution in [0.3, 0.4) is 0 Å². The second-order valence-corrected chi connectivity index (χ2v) is 10.1. The van der Waals surface area contributed by atoms with Crippen LogP contribution in [0, 0.1) is 0 Å². The van der Waals surface area contributed by atoms with Gasteiger partial charge in [0.15, 0.2) is 0 Å². The molecule has 0 spiro atoms. The van der Waals surface area contributed by atoms with Crippen LogP contribution < -0.4 is 14.8 Å². The molecular weight excluding hydrogens is 440 g/mol. The van der Waals surface area contributed by atoms with E-state index in [1.165, 1.54) is 4.31 Å². The van der Waals surface area contributed by atoms with Crippen molar-refractivity contribution in [1.82, 2.24) is 9.62 Å². The molecule has 1 N–H and O–H groups in total. The summed E-state index contributed by atoms with van der Waals surface area (Å²) in [6.45, 7) is 2.65. The van der Waals surface area contributed by atoms with Gasteiger partial charge in [-0.25, -0.2) is 8.42 Å². The zero-order chi connectivity index (χ0) is 23.7. The van der Waals surface area contributed by atoms with E-state index in [1.807, 2.05) is 31.2 Å². The van der Waals surface area contributed by atoms with Crippen molar-refractivity contribution in [1.29, 1.82) is 0 Å². The molecule has 0 atom stereocenters. The maximum atomic E-state index is 13.5. The highest BCUT2D eigenvalue weighted by Crippen LogP contribution is 2.28. The maximum absolute atomic E-state index is 13.5. The third kappa shape index (κ3) is 6.95. The molecule has 0 aromatic heterocycles. The molecule has 0 bridgehead atoms. The van der Waals surface area contributed by atoms with Crippen LogP contribution >= 0.6 is 0 Å². The quantitative estimate of drug-likeness (QED) is 0.536. The Morgan fingerprint density at radius 2 is 1.64 bits per heavy atom. The molecule has 1 aliphatic carbocycles. The van der Waals surface area contributed by atoms with E-state index in [1.54, 1.807) is 31.4 Å². The summed E-state index contributed by atoms with van der Waals surface area (Å²) in [6.07, 6.45) is 5.25. The first kappa shape index (κ1) is 25.1. The van der Waals surface area contributed by atoms with Crippen molar-refractivity contribution in [2.24, 2.45) is 0 Å². The van der Waals surface area contributed by atoms with Crippen molar-refractivity contribution in [2.75, 3.05) is 26.8 Å². The summed E-state index contributed by atoms with van der Waals surface area (Å²) < 4.78 is 39.0. The zero-order valence-electron chi connectivity index (χ0n) is 19.5. The number of hydrogen-bond acceptors (Lipinski definition) is 5. The summed E-state index contributed by atoms with van der Waals surface area (Å²) >= 11 is 0. The lowest BCUT2D eigenvalue weighted by Gasteiger charge is -2.33. The molecule has 1 saturated carbocycles. The van der Waals surface area contributed by atoms with Crippen LogP contribution in [0.15, 0.2) is 53.4 Å². The van der Waals surface area contributed by atoms with Gasteiger partial charge < -0.3 is 14.8 Å². The minimum atomic E-state index is -3.81. The zero-order valence-corrected chi connectivity index (χ0v) is 20.3. The van der Waals surface area contributed by atoms with E-state index in [0.717, 1.165) is 43.4 Å². The number of sulfonamides is 1. The Labute approximate surface area is 197 Å². The van der Waals surface area contributed by atoms with Gasteiger partial charge in [0.2, 0.25) is 15.9 Å². The van der Waals surface area contributed by atoms with E-state index < -0.39 is 10.0 Å². The molecule has 2 aromatic carbocycles. The molecule has 0 aliphatic heterocycles. The Kier molecular flexibility index (Phi) is 9.14. The second-order valence-electron chi connectivity index (χ2n) is 8.19. The van der Waals surface area contributed by atoms with Gasteiger partial charge in [0, 0.05) is 12.6 Å². The van der Waals surface area contributed by atoms with Crippen molar-refractivity contribution in [3.05, 3.63) is 54.1 Å². The van der Waals surface area contributed by atoms with E-state index in [4.69, 9.17) is 9.47 Å². The number of nitrogens with one attached hydrogen (secondary N) is 1. The Balaban J connectivity index is 1.67. The van der Waals surface area contributed by atoms with E-state index in [2.05, 4.69) is 5.32 Å². The second kappa shape index (κ2) is 12.0. The predicted octanol–water partition coefficient (Wildman–Crippen LogP) is 3.78. The van der Waals surface area contributed by atoms with Gasteiger partial charge in [0.1, 0.15) is 11.5 Å². The monoisotopic (exact) mass is 474 g/mol. The number of rotatable bonds is 11. The number of hydrogen-bond donors (Lipinski definition) is 1. The van der Waals surface area contributed by atoms with E-state index in [0.29, 0.717) is 25.3 Å². The van der Waals surface area contributed by atoms with E-state index in [-0.39, 0.29) is 23.4 Å². The predicted molar refractivity (Wildman–Crippen MR) is 128 cm³/mol. The number of ether oxygens (including phenoxy) is 2. The van der Waals surface area contributed by atoms with Crippen LogP contribution in [0.25, 0.3) is 0 Å². The third-order valence-corrected chi connectivity index (χ3v) is 7.83. The SMILES string of the molecule is CCOc1ccc(S(=O)(=O)N(CC(=O)NCCc2ccc(OC)cc2)C2CCCCC2)cc1. The molecule has 0 unspecified atom stereocenters. The number of carbonyl (C=O) groups excluding carboxylic acids is 1. The molecule has 0 saturated heterocycles. The molecule has 1 amide bonds. The van der Waals surface area contributed by atoms with Crippen LogP contribution in [0.1, 0.15) is 44.6 Å². The Morgan fingerprint density at radius 3 is 2.24 bits per heavy atom. The number of amides is 1. The number of carbonyl (C=O) groups is 1. The van der Waals surface area contributed by atoms with Crippen LogP contribution in [-0.2, 0) is 21.2 Å². The molecule has 7 nitrogen and oxygen atoms in total. The van der Waals surface area contributed by atoms with Gasteiger partial charge in [-0.1, -0.05) is 31.4 Å². The van der Waals surface area contributed by atoms with Crippen molar-refractivity contribution < 1.29 is 22.7 Å². The standard InChI is InChI=1S/C25H34N2O5S/c1-3-32-23-13-15-24(16-14-23)33(29,30)27(21-7-5-4-6-8-21)19-25(28)26-18-17-20-9-11-22(31-2)12-10-20/h9-16,21H,3-8,17-19H2,1-2H3,(H,26,28). The average Bonchev–Trinajstić information content (AvgIpc) is 2.84. The highest BCUT2D eigenvalue weighted by Gasteiger charge is 2.33. The van der Waals surface area contributed by atoms with Crippen LogP contribution in [0.2, 0.25) is 0 Å². The Morgan fingerprint density at radius 1 is 1.00 bits per heavy atom.